The molecule has 0 spiro atoms. The van der Waals surface area contributed by atoms with Crippen LogP contribution in [0.15, 0.2) is 40.8 Å². The second-order valence-corrected chi connectivity index (χ2v) is 4.72. The Hall–Kier alpha value is -2.93. The van der Waals surface area contributed by atoms with Crippen molar-refractivity contribution in [1.29, 1.82) is 0 Å². The first-order chi connectivity index (χ1) is 11.1. The third kappa shape index (κ3) is 4.79. The number of carbonyl (C=O) groups excluding carboxylic acids is 1. The highest BCUT2D eigenvalue weighted by Crippen LogP contribution is 2.18. The molecule has 1 aromatic heterocycles. The van der Waals surface area contributed by atoms with Crippen molar-refractivity contribution in [2.24, 2.45) is 0 Å². The fourth-order valence-electron chi connectivity index (χ4n) is 1.84. The van der Waals surface area contributed by atoms with E-state index in [1.807, 2.05) is 0 Å². The van der Waals surface area contributed by atoms with Crippen molar-refractivity contribution >= 4 is 23.9 Å². The molecule has 1 heterocycles. The number of aliphatic hydroxyl groups is 1. The van der Waals surface area contributed by atoms with Gasteiger partial charge in [-0.1, -0.05) is 18.2 Å². The Balaban J connectivity index is 1.97. The Bertz CT molecular complexity index is 704. The summed E-state index contributed by atoms with van der Waals surface area (Å²) in [5.74, 6) is -0.127. The normalized spacial score (nSPS) is 10.8. The molecule has 0 fully saturated rings. The van der Waals surface area contributed by atoms with E-state index in [1.165, 1.54) is 12.1 Å². The highest BCUT2D eigenvalue weighted by Gasteiger charge is 2.09. The van der Waals surface area contributed by atoms with Crippen molar-refractivity contribution in [2.45, 2.75) is 6.42 Å². The van der Waals surface area contributed by atoms with Crippen LogP contribution in [-0.2, 0) is 0 Å². The highest BCUT2D eigenvalue weighted by molar-refractivity contribution is 5.94. The summed E-state index contributed by atoms with van der Waals surface area (Å²) >= 11 is 0. The van der Waals surface area contributed by atoms with E-state index in [1.54, 1.807) is 36.4 Å². The number of furan rings is 1. The molecule has 0 aliphatic carbocycles. The average Bonchev–Trinajstić information content (AvgIpc) is 3.03. The molecule has 7 nitrogen and oxygen atoms in total. The van der Waals surface area contributed by atoms with Crippen LogP contribution in [0, 0.1) is 10.1 Å². The van der Waals surface area contributed by atoms with Crippen molar-refractivity contribution in [3.05, 3.63) is 63.4 Å². The molecule has 0 aliphatic rings. The van der Waals surface area contributed by atoms with Gasteiger partial charge in [-0.2, -0.15) is 0 Å². The largest absolute Gasteiger partial charge is 0.433 e. The Labute approximate surface area is 132 Å². The van der Waals surface area contributed by atoms with Gasteiger partial charge in [-0.25, -0.2) is 0 Å². The molecule has 7 heteroatoms. The van der Waals surface area contributed by atoms with Crippen LogP contribution < -0.4 is 5.32 Å². The van der Waals surface area contributed by atoms with Crippen LogP contribution in [0.2, 0.25) is 0 Å². The van der Waals surface area contributed by atoms with Gasteiger partial charge in [0.15, 0.2) is 0 Å². The average molecular weight is 316 g/mol. The lowest BCUT2D eigenvalue weighted by atomic mass is 10.1. The molecule has 0 atom stereocenters. The van der Waals surface area contributed by atoms with Crippen LogP contribution in [0.1, 0.15) is 28.1 Å². The highest BCUT2D eigenvalue weighted by atomic mass is 16.6. The standard InChI is InChI=1S/C16H16N2O5/c19-11-1-10-17-16(20)13-5-2-12(3-6-13)4-7-14-8-9-15(23-14)18(21)22/h2-9,19H,1,10-11H2,(H,17,20)/b7-4+. The van der Waals surface area contributed by atoms with Gasteiger partial charge in [-0.05, 0) is 36.3 Å². The minimum Gasteiger partial charge on any atom is -0.401 e. The van der Waals surface area contributed by atoms with E-state index >= 15 is 0 Å². The van der Waals surface area contributed by atoms with Crippen LogP contribution in [-0.4, -0.2) is 29.1 Å². The summed E-state index contributed by atoms with van der Waals surface area (Å²) in [6.45, 7) is 0.462. The van der Waals surface area contributed by atoms with Gasteiger partial charge in [0.25, 0.3) is 5.91 Å². The molecule has 120 valence electrons. The number of amides is 1. The quantitative estimate of drug-likeness (QED) is 0.464. The predicted molar refractivity (Wildman–Crippen MR) is 84.8 cm³/mol. The van der Waals surface area contributed by atoms with E-state index < -0.39 is 4.92 Å². The van der Waals surface area contributed by atoms with Crippen molar-refractivity contribution in [3.63, 3.8) is 0 Å². The maximum absolute atomic E-state index is 11.8. The van der Waals surface area contributed by atoms with E-state index in [2.05, 4.69) is 5.32 Å². The van der Waals surface area contributed by atoms with E-state index in [9.17, 15) is 14.9 Å². The van der Waals surface area contributed by atoms with Gasteiger partial charge in [0.05, 0.1) is 6.07 Å². The van der Waals surface area contributed by atoms with Crippen LogP contribution in [0.5, 0.6) is 0 Å². The van der Waals surface area contributed by atoms with Crippen molar-refractivity contribution in [3.8, 4) is 0 Å². The van der Waals surface area contributed by atoms with Gasteiger partial charge in [0.2, 0.25) is 0 Å². The fourth-order valence-corrected chi connectivity index (χ4v) is 1.84. The minimum absolute atomic E-state index is 0.0367. The van der Waals surface area contributed by atoms with Crippen molar-refractivity contribution in [1.82, 2.24) is 5.32 Å². The molecular weight excluding hydrogens is 300 g/mol. The van der Waals surface area contributed by atoms with Crippen LogP contribution in [0.4, 0.5) is 5.88 Å². The zero-order valence-electron chi connectivity index (χ0n) is 12.3. The second-order valence-electron chi connectivity index (χ2n) is 4.72. The summed E-state index contributed by atoms with van der Waals surface area (Å²) in [5.41, 5.74) is 1.35. The first-order valence-corrected chi connectivity index (χ1v) is 7.01. The molecule has 23 heavy (non-hydrogen) atoms. The molecule has 0 saturated carbocycles. The summed E-state index contributed by atoms with van der Waals surface area (Å²) in [6.07, 6.45) is 3.86. The molecule has 2 aromatic rings. The Morgan fingerprint density at radius 1 is 1.22 bits per heavy atom. The van der Waals surface area contributed by atoms with Crippen molar-refractivity contribution < 1.29 is 19.2 Å². The Kier molecular flexibility index (Phi) is 5.65. The molecular formula is C16H16N2O5. The molecule has 0 unspecified atom stereocenters. The summed E-state index contributed by atoms with van der Waals surface area (Å²) in [5, 5.41) is 21.9. The number of nitrogens with zero attached hydrogens (tertiary/aromatic N) is 1. The van der Waals surface area contributed by atoms with Crippen molar-refractivity contribution in [2.75, 3.05) is 13.2 Å². The fraction of sp³-hybridized carbons (Fsp3) is 0.188. The van der Waals surface area contributed by atoms with Gasteiger partial charge < -0.3 is 14.8 Å². The lowest BCUT2D eigenvalue weighted by Crippen LogP contribution is -2.24. The summed E-state index contributed by atoms with van der Waals surface area (Å²) in [4.78, 5) is 21.7. The topological polar surface area (TPSA) is 106 Å². The molecule has 2 N–H and O–H groups in total. The first kappa shape index (κ1) is 16.4. The summed E-state index contributed by atoms with van der Waals surface area (Å²) in [7, 11) is 0. The van der Waals surface area contributed by atoms with Gasteiger partial charge in [0, 0.05) is 18.7 Å². The zero-order valence-corrected chi connectivity index (χ0v) is 12.3. The number of hydrogen-bond donors (Lipinski definition) is 2. The number of carbonyl (C=O) groups is 1. The first-order valence-electron chi connectivity index (χ1n) is 7.01. The summed E-state index contributed by atoms with van der Waals surface area (Å²) in [6, 6.07) is 9.68. The summed E-state index contributed by atoms with van der Waals surface area (Å²) < 4.78 is 5.01. The van der Waals surface area contributed by atoms with E-state index in [0.29, 0.717) is 24.3 Å². The number of hydrogen-bond acceptors (Lipinski definition) is 5. The third-order valence-corrected chi connectivity index (χ3v) is 3.03. The molecule has 1 amide bonds. The van der Waals surface area contributed by atoms with E-state index in [-0.39, 0.29) is 18.4 Å². The maximum Gasteiger partial charge on any atom is 0.433 e. The van der Waals surface area contributed by atoms with E-state index in [4.69, 9.17) is 9.52 Å². The number of nitrogens with one attached hydrogen (secondary N) is 1. The molecule has 0 saturated heterocycles. The van der Waals surface area contributed by atoms with E-state index in [0.717, 1.165) is 5.56 Å². The van der Waals surface area contributed by atoms with Crippen LogP contribution in [0.3, 0.4) is 0 Å². The zero-order chi connectivity index (χ0) is 16.7. The third-order valence-electron chi connectivity index (χ3n) is 3.03. The number of rotatable bonds is 7. The monoisotopic (exact) mass is 316 g/mol. The minimum atomic E-state index is -0.596. The SMILES string of the molecule is O=C(NCCCO)c1ccc(/C=C/c2ccc([N+](=O)[O-])o2)cc1. The maximum atomic E-state index is 11.8. The smallest absolute Gasteiger partial charge is 0.401 e. The Morgan fingerprint density at radius 2 is 1.96 bits per heavy atom. The van der Waals surface area contributed by atoms with Gasteiger partial charge in [-0.15, -0.1) is 0 Å². The number of aliphatic hydroxyl groups excluding tert-OH is 1. The van der Waals surface area contributed by atoms with Gasteiger partial charge >= 0.3 is 5.88 Å². The molecule has 0 bridgehead atoms. The molecule has 2 rings (SSSR count). The second kappa shape index (κ2) is 7.90. The number of nitro groups is 1. The van der Waals surface area contributed by atoms with Crippen LogP contribution in [0.25, 0.3) is 12.2 Å². The van der Waals surface area contributed by atoms with Crippen LogP contribution >= 0.6 is 0 Å². The number of benzene rings is 1. The predicted octanol–water partition coefficient (Wildman–Crippen LogP) is 2.47. The molecule has 1 aromatic carbocycles. The van der Waals surface area contributed by atoms with Gasteiger partial charge in [-0.3, -0.25) is 14.9 Å². The van der Waals surface area contributed by atoms with Gasteiger partial charge in [0.1, 0.15) is 10.7 Å². The lowest BCUT2D eigenvalue weighted by molar-refractivity contribution is -0.402. The molecule has 0 aliphatic heterocycles. The lowest BCUT2D eigenvalue weighted by Gasteiger charge is -2.04. The Morgan fingerprint density at radius 3 is 2.57 bits per heavy atom. The molecule has 0 radical (unpaired) electrons.